The van der Waals surface area contributed by atoms with E-state index in [0.29, 0.717) is 6.04 Å². The molecule has 1 saturated heterocycles. The molecule has 0 aromatic carbocycles. The predicted molar refractivity (Wildman–Crippen MR) is 58.5 cm³/mol. The second-order valence-corrected chi connectivity index (χ2v) is 4.50. The number of hydrogen-bond donors (Lipinski definition) is 1. The minimum Gasteiger partial charge on any atom is -0.383 e. The van der Waals surface area contributed by atoms with Gasteiger partial charge < -0.3 is 10.1 Å². The molecule has 0 radical (unpaired) electrons. The van der Waals surface area contributed by atoms with Crippen LogP contribution in [0.25, 0.3) is 0 Å². The first-order chi connectivity index (χ1) is 5.83. The van der Waals surface area contributed by atoms with Crippen molar-refractivity contribution in [2.45, 2.75) is 18.9 Å². The van der Waals surface area contributed by atoms with Crippen molar-refractivity contribution in [3.63, 3.8) is 0 Å². The van der Waals surface area contributed by atoms with Crippen molar-refractivity contribution >= 4 is 22.9 Å². The van der Waals surface area contributed by atoms with Crippen LogP contribution in [-0.2, 0) is 4.74 Å². The first-order valence-corrected chi connectivity index (χ1v) is 5.42. The third-order valence-corrected chi connectivity index (χ3v) is 3.14. The highest BCUT2D eigenvalue weighted by molar-refractivity contribution is 14.1. The standard InChI is InChI=1S/C8H17IN2O/c1-12-7-4-10-8-2-5-11(9)6-3-8/h8,10H,2-7H2,1H3. The minimum absolute atomic E-state index is 0.714. The monoisotopic (exact) mass is 284 g/mol. The average Bonchev–Trinajstić information content (AvgIpc) is 2.09. The molecule has 0 aromatic heterocycles. The number of halogens is 1. The van der Waals surface area contributed by atoms with Crippen molar-refractivity contribution in [2.75, 3.05) is 33.4 Å². The van der Waals surface area contributed by atoms with Crippen molar-refractivity contribution in [3.8, 4) is 0 Å². The number of hydrogen-bond acceptors (Lipinski definition) is 3. The van der Waals surface area contributed by atoms with Gasteiger partial charge in [0.1, 0.15) is 0 Å². The summed E-state index contributed by atoms with van der Waals surface area (Å²) in [5.74, 6) is 0. The lowest BCUT2D eigenvalue weighted by Crippen LogP contribution is -2.40. The van der Waals surface area contributed by atoms with Gasteiger partial charge in [-0.2, -0.15) is 0 Å². The molecule has 0 amide bonds. The van der Waals surface area contributed by atoms with Crippen molar-refractivity contribution in [3.05, 3.63) is 0 Å². The summed E-state index contributed by atoms with van der Waals surface area (Å²) in [6.45, 7) is 4.24. The van der Waals surface area contributed by atoms with Crippen LogP contribution in [0.4, 0.5) is 0 Å². The summed E-state index contributed by atoms with van der Waals surface area (Å²) < 4.78 is 7.33. The van der Waals surface area contributed by atoms with Gasteiger partial charge in [0.2, 0.25) is 0 Å². The van der Waals surface area contributed by atoms with Crippen LogP contribution < -0.4 is 5.32 Å². The van der Waals surface area contributed by atoms with Gasteiger partial charge in [-0.05, 0) is 12.8 Å². The van der Waals surface area contributed by atoms with Crippen LogP contribution >= 0.6 is 22.9 Å². The Kier molecular flexibility index (Phi) is 5.45. The van der Waals surface area contributed by atoms with Crippen molar-refractivity contribution in [2.24, 2.45) is 0 Å². The quantitative estimate of drug-likeness (QED) is 0.474. The summed E-state index contributed by atoms with van der Waals surface area (Å²) in [4.78, 5) is 0. The van der Waals surface area contributed by atoms with E-state index >= 15 is 0 Å². The van der Waals surface area contributed by atoms with Gasteiger partial charge in [0.25, 0.3) is 0 Å². The van der Waals surface area contributed by atoms with Crippen molar-refractivity contribution in [1.29, 1.82) is 0 Å². The van der Waals surface area contributed by atoms with E-state index in [1.54, 1.807) is 7.11 Å². The maximum Gasteiger partial charge on any atom is 0.0587 e. The van der Waals surface area contributed by atoms with Crippen LogP contribution in [0.2, 0.25) is 0 Å². The zero-order valence-corrected chi connectivity index (χ0v) is 9.71. The zero-order chi connectivity index (χ0) is 8.81. The SMILES string of the molecule is COCCNC1CCN(I)CC1. The van der Waals surface area contributed by atoms with Gasteiger partial charge in [-0.3, -0.25) is 0 Å². The maximum atomic E-state index is 4.98. The molecule has 1 aliphatic rings. The van der Waals surface area contributed by atoms with Gasteiger partial charge >= 0.3 is 0 Å². The fourth-order valence-electron chi connectivity index (χ4n) is 1.42. The molecule has 0 saturated carbocycles. The molecule has 1 aliphatic heterocycles. The molecule has 0 bridgehead atoms. The van der Waals surface area contributed by atoms with E-state index in [2.05, 4.69) is 31.3 Å². The third kappa shape index (κ3) is 4.02. The van der Waals surface area contributed by atoms with Gasteiger partial charge in [-0.25, -0.2) is 3.11 Å². The maximum absolute atomic E-state index is 4.98. The molecule has 3 nitrogen and oxygen atoms in total. The number of ether oxygens (including phenoxy) is 1. The summed E-state index contributed by atoms with van der Waals surface area (Å²) in [6.07, 6.45) is 2.54. The number of methoxy groups -OCH3 is 1. The molecule has 1 heterocycles. The molecule has 0 aromatic rings. The molecule has 4 heteroatoms. The first-order valence-electron chi connectivity index (χ1n) is 4.46. The van der Waals surface area contributed by atoms with E-state index in [0.717, 1.165) is 13.2 Å². The van der Waals surface area contributed by atoms with E-state index in [1.165, 1.54) is 25.9 Å². The van der Waals surface area contributed by atoms with E-state index in [1.807, 2.05) is 0 Å². The smallest absolute Gasteiger partial charge is 0.0587 e. The van der Waals surface area contributed by atoms with Crippen molar-refractivity contribution < 1.29 is 4.74 Å². The Bertz CT molecular complexity index is 116. The molecule has 72 valence electrons. The van der Waals surface area contributed by atoms with E-state index in [4.69, 9.17) is 4.74 Å². The molecule has 12 heavy (non-hydrogen) atoms. The lowest BCUT2D eigenvalue weighted by atomic mass is 10.1. The highest BCUT2D eigenvalue weighted by Crippen LogP contribution is 2.13. The molecular formula is C8H17IN2O. The second-order valence-electron chi connectivity index (χ2n) is 3.13. The highest BCUT2D eigenvalue weighted by Gasteiger charge is 2.15. The summed E-state index contributed by atoms with van der Waals surface area (Å²) in [5.41, 5.74) is 0. The molecule has 0 aliphatic carbocycles. The van der Waals surface area contributed by atoms with Gasteiger partial charge in [0.05, 0.1) is 6.61 Å². The number of nitrogens with one attached hydrogen (secondary N) is 1. The topological polar surface area (TPSA) is 24.5 Å². The average molecular weight is 284 g/mol. The van der Waals surface area contributed by atoms with Crippen LogP contribution in [0.5, 0.6) is 0 Å². The Morgan fingerprint density at radius 1 is 1.50 bits per heavy atom. The van der Waals surface area contributed by atoms with Gasteiger partial charge in [-0.15, -0.1) is 0 Å². The summed E-state index contributed by atoms with van der Waals surface area (Å²) in [6, 6.07) is 0.714. The predicted octanol–water partition coefficient (Wildman–Crippen LogP) is 1.04. The Morgan fingerprint density at radius 3 is 2.75 bits per heavy atom. The Labute approximate surface area is 88.3 Å². The molecule has 0 unspecified atom stereocenters. The zero-order valence-electron chi connectivity index (χ0n) is 7.55. The fraction of sp³-hybridized carbons (Fsp3) is 1.00. The van der Waals surface area contributed by atoms with Crippen molar-refractivity contribution in [1.82, 2.24) is 8.43 Å². The van der Waals surface area contributed by atoms with Gasteiger partial charge in [0.15, 0.2) is 0 Å². The van der Waals surface area contributed by atoms with Crippen LogP contribution in [0, 0.1) is 0 Å². The molecular weight excluding hydrogens is 267 g/mol. The molecule has 1 N–H and O–H groups in total. The van der Waals surface area contributed by atoms with Crippen LogP contribution in [0.1, 0.15) is 12.8 Å². The van der Waals surface area contributed by atoms with E-state index in [-0.39, 0.29) is 0 Å². The lowest BCUT2D eigenvalue weighted by Gasteiger charge is -2.28. The molecule has 0 atom stereocenters. The Balaban J connectivity index is 2.01. The highest BCUT2D eigenvalue weighted by atomic mass is 127. The minimum atomic E-state index is 0.714. The second kappa shape index (κ2) is 6.12. The normalized spacial score (nSPS) is 21.5. The molecule has 0 spiro atoms. The molecule has 1 rings (SSSR count). The van der Waals surface area contributed by atoms with Crippen LogP contribution in [0.3, 0.4) is 0 Å². The number of piperidine rings is 1. The van der Waals surface area contributed by atoms with Crippen LogP contribution in [0.15, 0.2) is 0 Å². The summed E-state index contributed by atoms with van der Waals surface area (Å²) in [5, 5.41) is 3.49. The first kappa shape index (κ1) is 10.7. The van der Waals surface area contributed by atoms with Gasteiger partial charge in [-0.1, -0.05) is 0 Å². The Hall–Kier alpha value is 0.610. The number of nitrogens with zero attached hydrogens (tertiary/aromatic N) is 1. The fourth-order valence-corrected chi connectivity index (χ4v) is 1.97. The van der Waals surface area contributed by atoms with Gasteiger partial charge in [0, 0.05) is 55.7 Å². The summed E-state index contributed by atoms with van der Waals surface area (Å²) >= 11 is 2.39. The van der Waals surface area contributed by atoms with Crippen LogP contribution in [-0.4, -0.2) is 42.5 Å². The number of rotatable bonds is 4. The Morgan fingerprint density at radius 2 is 2.17 bits per heavy atom. The lowest BCUT2D eigenvalue weighted by molar-refractivity contribution is 0.190. The largest absolute Gasteiger partial charge is 0.383 e. The van der Waals surface area contributed by atoms with E-state index < -0.39 is 0 Å². The van der Waals surface area contributed by atoms with E-state index in [9.17, 15) is 0 Å². The third-order valence-electron chi connectivity index (χ3n) is 2.18. The molecule has 1 fully saturated rings. The summed E-state index contributed by atoms with van der Waals surface area (Å²) in [7, 11) is 1.75.